The molecule has 0 aliphatic carbocycles. The molecule has 5 heteroatoms. The van der Waals surface area contributed by atoms with Gasteiger partial charge in [-0.2, -0.15) is 0 Å². The van der Waals surface area contributed by atoms with Gasteiger partial charge >= 0.3 is 5.97 Å². The van der Waals surface area contributed by atoms with Crippen molar-refractivity contribution in [3.8, 4) is 0 Å². The highest BCUT2D eigenvalue weighted by molar-refractivity contribution is 8.00. The zero-order valence-electron chi connectivity index (χ0n) is 8.33. The zero-order chi connectivity index (χ0) is 11.3. The number of aromatic nitrogens is 1. The lowest BCUT2D eigenvalue weighted by Gasteiger charge is -2.12. The third kappa shape index (κ3) is 4.31. The molecule has 1 rings (SSSR count). The first-order valence-electron chi connectivity index (χ1n) is 4.58. The maximum Gasteiger partial charge on any atom is 0.317 e. The standard InChI is InChI=1S/C10H13NO3S/c1-7(12)6-8(10(13)14)15-9-4-2-3-5-11-9/h2-5,7-8,12H,6H2,1H3,(H,13,14). The van der Waals surface area contributed by atoms with Crippen LogP contribution in [0.5, 0.6) is 0 Å². The molecule has 0 bridgehead atoms. The Morgan fingerprint density at radius 3 is 2.80 bits per heavy atom. The van der Waals surface area contributed by atoms with Gasteiger partial charge in [-0.1, -0.05) is 17.8 Å². The number of carboxylic acid groups (broad SMARTS) is 1. The van der Waals surface area contributed by atoms with Crippen LogP contribution < -0.4 is 0 Å². The summed E-state index contributed by atoms with van der Waals surface area (Å²) in [7, 11) is 0. The van der Waals surface area contributed by atoms with Gasteiger partial charge < -0.3 is 10.2 Å². The molecule has 0 amide bonds. The maximum absolute atomic E-state index is 10.9. The SMILES string of the molecule is CC(O)CC(Sc1ccccn1)C(=O)O. The smallest absolute Gasteiger partial charge is 0.317 e. The fourth-order valence-corrected chi connectivity index (χ4v) is 2.12. The first-order chi connectivity index (χ1) is 7.09. The fraction of sp³-hybridized carbons (Fsp3) is 0.400. The number of hydrogen-bond acceptors (Lipinski definition) is 4. The van der Waals surface area contributed by atoms with Gasteiger partial charge in [0.1, 0.15) is 5.25 Å². The van der Waals surface area contributed by atoms with Crippen LogP contribution in [0.15, 0.2) is 29.4 Å². The predicted octanol–water partition coefficient (Wildman–Crippen LogP) is 1.40. The van der Waals surface area contributed by atoms with Gasteiger partial charge in [0.2, 0.25) is 0 Å². The lowest BCUT2D eigenvalue weighted by Crippen LogP contribution is -2.21. The van der Waals surface area contributed by atoms with E-state index in [1.54, 1.807) is 31.3 Å². The van der Waals surface area contributed by atoms with Crippen LogP contribution in [0, 0.1) is 0 Å². The summed E-state index contributed by atoms with van der Waals surface area (Å²) in [6, 6.07) is 5.33. The number of aliphatic carboxylic acids is 1. The maximum atomic E-state index is 10.9. The summed E-state index contributed by atoms with van der Waals surface area (Å²) < 4.78 is 0. The normalized spacial score (nSPS) is 14.5. The minimum atomic E-state index is -0.924. The van der Waals surface area contributed by atoms with E-state index in [9.17, 15) is 4.79 Å². The van der Waals surface area contributed by atoms with E-state index in [1.807, 2.05) is 0 Å². The topological polar surface area (TPSA) is 70.4 Å². The van der Waals surface area contributed by atoms with Crippen molar-refractivity contribution >= 4 is 17.7 Å². The zero-order valence-corrected chi connectivity index (χ0v) is 9.15. The van der Waals surface area contributed by atoms with E-state index in [-0.39, 0.29) is 6.42 Å². The molecule has 1 aromatic rings. The highest BCUT2D eigenvalue weighted by Gasteiger charge is 2.21. The van der Waals surface area contributed by atoms with Gasteiger partial charge in [0, 0.05) is 6.20 Å². The highest BCUT2D eigenvalue weighted by atomic mass is 32.2. The molecule has 2 unspecified atom stereocenters. The Balaban J connectivity index is 2.63. The summed E-state index contributed by atoms with van der Waals surface area (Å²) in [5.41, 5.74) is 0. The van der Waals surface area contributed by atoms with Crippen LogP contribution in [0.1, 0.15) is 13.3 Å². The average Bonchev–Trinajstić information content (AvgIpc) is 2.17. The Bertz CT molecular complexity index is 316. The predicted molar refractivity (Wildman–Crippen MR) is 57.8 cm³/mol. The Morgan fingerprint density at radius 2 is 2.33 bits per heavy atom. The minimum Gasteiger partial charge on any atom is -0.480 e. The van der Waals surface area contributed by atoms with Gasteiger partial charge in [-0.25, -0.2) is 4.98 Å². The summed E-state index contributed by atoms with van der Waals surface area (Å²) in [6.45, 7) is 1.58. The molecule has 0 saturated heterocycles. The first-order valence-corrected chi connectivity index (χ1v) is 5.46. The van der Waals surface area contributed by atoms with E-state index in [1.165, 1.54) is 0 Å². The number of rotatable bonds is 5. The number of aliphatic hydroxyl groups excluding tert-OH is 1. The average molecular weight is 227 g/mol. The second-order valence-electron chi connectivity index (χ2n) is 3.20. The Hall–Kier alpha value is -1.07. The Morgan fingerprint density at radius 1 is 1.60 bits per heavy atom. The third-order valence-electron chi connectivity index (χ3n) is 1.73. The second-order valence-corrected chi connectivity index (χ2v) is 4.42. The van der Waals surface area contributed by atoms with E-state index in [4.69, 9.17) is 10.2 Å². The van der Waals surface area contributed by atoms with E-state index >= 15 is 0 Å². The molecule has 0 aromatic carbocycles. The molecule has 4 nitrogen and oxygen atoms in total. The molecule has 2 N–H and O–H groups in total. The molecule has 0 aliphatic rings. The number of aliphatic hydroxyl groups is 1. The molecular formula is C10H13NO3S. The van der Waals surface area contributed by atoms with Crippen molar-refractivity contribution < 1.29 is 15.0 Å². The van der Waals surface area contributed by atoms with Crippen molar-refractivity contribution in [1.82, 2.24) is 4.98 Å². The van der Waals surface area contributed by atoms with E-state index in [0.717, 1.165) is 11.8 Å². The van der Waals surface area contributed by atoms with Crippen molar-refractivity contribution in [1.29, 1.82) is 0 Å². The van der Waals surface area contributed by atoms with Crippen LogP contribution in [0.3, 0.4) is 0 Å². The van der Waals surface area contributed by atoms with Crippen LogP contribution in [0.4, 0.5) is 0 Å². The van der Waals surface area contributed by atoms with Crippen molar-refractivity contribution in [3.05, 3.63) is 24.4 Å². The second kappa shape index (κ2) is 5.72. The van der Waals surface area contributed by atoms with Gasteiger partial charge in [-0.15, -0.1) is 0 Å². The summed E-state index contributed by atoms with van der Waals surface area (Å²) in [5.74, 6) is -0.924. The fourth-order valence-electron chi connectivity index (χ4n) is 1.07. The van der Waals surface area contributed by atoms with Crippen LogP contribution in [-0.4, -0.2) is 32.5 Å². The van der Waals surface area contributed by atoms with Crippen LogP contribution >= 0.6 is 11.8 Å². The number of pyridine rings is 1. The van der Waals surface area contributed by atoms with Gasteiger partial charge in [-0.3, -0.25) is 4.79 Å². The quantitative estimate of drug-likeness (QED) is 0.744. The number of hydrogen-bond donors (Lipinski definition) is 2. The van der Waals surface area contributed by atoms with Gasteiger partial charge in [0.15, 0.2) is 0 Å². The third-order valence-corrected chi connectivity index (χ3v) is 2.89. The number of carbonyl (C=O) groups is 1. The van der Waals surface area contributed by atoms with Crippen LogP contribution in [-0.2, 0) is 4.79 Å². The molecule has 1 heterocycles. The number of nitrogens with zero attached hydrogens (tertiary/aromatic N) is 1. The summed E-state index contributed by atoms with van der Waals surface area (Å²) in [5, 5.41) is 18.1. The molecule has 82 valence electrons. The molecule has 0 saturated carbocycles. The van der Waals surface area contributed by atoms with Gasteiger partial charge in [0.25, 0.3) is 0 Å². The minimum absolute atomic E-state index is 0.219. The molecular weight excluding hydrogens is 214 g/mol. The number of carboxylic acids is 1. The molecule has 15 heavy (non-hydrogen) atoms. The van der Waals surface area contributed by atoms with Gasteiger partial charge in [0.05, 0.1) is 11.1 Å². The van der Waals surface area contributed by atoms with E-state index in [0.29, 0.717) is 5.03 Å². The highest BCUT2D eigenvalue weighted by Crippen LogP contribution is 2.24. The van der Waals surface area contributed by atoms with Gasteiger partial charge in [-0.05, 0) is 25.5 Å². The molecule has 0 fully saturated rings. The lowest BCUT2D eigenvalue weighted by atomic mass is 10.2. The van der Waals surface area contributed by atoms with Crippen LogP contribution in [0.2, 0.25) is 0 Å². The molecule has 2 atom stereocenters. The Kier molecular flexibility index (Phi) is 4.58. The first kappa shape index (κ1) is 12.0. The molecule has 1 aromatic heterocycles. The van der Waals surface area contributed by atoms with E-state index < -0.39 is 17.3 Å². The van der Waals surface area contributed by atoms with Crippen molar-refractivity contribution in [2.24, 2.45) is 0 Å². The summed E-state index contributed by atoms with van der Waals surface area (Å²) in [6.07, 6.45) is 1.21. The van der Waals surface area contributed by atoms with Crippen LogP contribution in [0.25, 0.3) is 0 Å². The molecule has 0 radical (unpaired) electrons. The van der Waals surface area contributed by atoms with E-state index in [2.05, 4.69) is 4.98 Å². The largest absolute Gasteiger partial charge is 0.480 e. The Labute approximate surface area is 92.3 Å². The monoisotopic (exact) mass is 227 g/mol. The number of thioether (sulfide) groups is 1. The summed E-state index contributed by atoms with van der Waals surface area (Å²) >= 11 is 1.15. The summed E-state index contributed by atoms with van der Waals surface area (Å²) in [4.78, 5) is 14.9. The van der Waals surface area contributed by atoms with Crippen molar-refractivity contribution in [2.45, 2.75) is 29.7 Å². The molecule has 0 spiro atoms. The molecule has 0 aliphatic heterocycles. The van der Waals surface area contributed by atoms with Crippen molar-refractivity contribution in [2.75, 3.05) is 0 Å². The van der Waals surface area contributed by atoms with Crippen molar-refractivity contribution in [3.63, 3.8) is 0 Å². The lowest BCUT2D eigenvalue weighted by molar-refractivity contribution is -0.136.